The van der Waals surface area contributed by atoms with Gasteiger partial charge >= 0.3 is 5.97 Å². The topological polar surface area (TPSA) is 88.3 Å². The first-order chi connectivity index (χ1) is 11.5. The zero-order valence-corrected chi connectivity index (χ0v) is 13.5. The highest BCUT2D eigenvalue weighted by atomic mass is 16.5. The van der Waals surface area contributed by atoms with E-state index in [1.54, 1.807) is 6.07 Å². The molecule has 4 bridgehead atoms. The quantitative estimate of drug-likeness (QED) is 0.821. The normalized spacial score (nSPS) is 33.2. The van der Waals surface area contributed by atoms with Crippen LogP contribution in [0.4, 0.5) is 0 Å². The van der Waals surface area contributed by atoms with Crippen molar-refractivity contribution in [2.45, 2.75) is 44.1 Å². The maximum absolute atomic E-state index is 12.3. The molecule has 0 atom stereocenters. The average molecular weight is 330 g/mol. The fourth-order valence-electron chi connectivity index (χ4n) is 5.39. The molecule has 24 heavy (non-hydrogen) atoms. The second-order valence-corrected chi connectivity index (χ2v) is 7.74. The number of rotatable bonds is 4. The van der Waals surface area contributed by atoms with Crippen molar-refractivity contribution in [1.29, 1.82) is 0 Å². The Morgan fingerprint density at radius 1 is 1.17 bits per heavy atom. The van der Waals surface area contributed by atoms with E-state index in [0.29, 0.717) is 0 Å². The van der Waals surface area contributed by atoms with E-state index in [2.05, 4.69) is 10.3 Å². The van der Waals surface area contributed by atoms with Crippen molar-refractivity contribution in [2.24, 2.45) is 17.8 Å². The summed E-state index contributed by atoms with van der Waals surface area (Å²) in [6.07, 6.45) is 8.52. The van der Waals surface area contributed by atoms with Crippen LogP contribution < -0.4 is 10.9 Å². The van der Waals surface area contributed by atoms with E-state index in [9.17, 15) is 14.4 Å². The van der Waals surface area contributed by atoms with Gasteiger partial charge in [-0.05, 0) is 68.4 Å². The van der Waals surface area contributed by atoms with Gasteiger partial charge < -0.3 is 15.0 Å². The van der Waals surface area contributed by atoms with Crippen molar-refractivity contribution in [2.75, 3.05) is 6.61 Å². The fraction of sp³-hybridized carbons (Fsp3) is 0.611. The van der Waals surface area contributed by atoms with Gasteiger partial charge in [0.25, 0.3) is 11.5 Å². The molecule has 5 rings (SSSR count). The average Bonchev–Trinajstić information content (AvgIpc) is 2.51. The second-order valence-electron chi connectivity index (χ2n) is 7.74. The summed E-state index contributed by atoms with van der Waals surface area (Å²) < 4.78 is 5.01. The fourth-order valence-corrected chi connectivity index (χ4v) is 5.39. The van der Waals surface area contributed by atoms with Gasteiger partial charge in [0.2, 0.25) is 0 Å². The van der Waals surface area contributed by atoms with Gasteiger partial charge in [0, 0.05) is 11.7 Å². The molecule has 0 spiro atoms. The number of nitrogens with one attached hydrogen (secondary N) is 2. The predicted molar refractivity (Wildman–Crippen MR) is 86.4 cm³/mol. The predicted octanol–water partition coefficient (Wildman–Crippen LogP) is 1.62. The van der Waals surface area contributed by atoms with Crippen molar-refractivity contribution >= 4 is 11.9 Å². The lowest BCUT2D eigenvalue weighted by atomic mass is 9.53. The molecule has 6 heteroatoms. The summed E-state index contributed by atoms with van der Waals surface area (Å²) in [5.74, 6) is 1.18. The number of aromatic amines is 1. The first-order valence-electron chi connectivity index (χ1n) is 8.69. The molecule has 4 fully saturated rings. The van der Waals surface area contributed by atoms with Crippen LogP contribution in [0.15, 0.2) is 23.1 Å². The van der Waals surface area contributed by atoms with E-state index in [0.717, 1.165) is 37.0 Å². The molecule has 1 heterocycles. The number of hydrogen-bond donors (Lipinski definition) is 2. The Kier molecular flexibility index (Phi) is 3.70. The number of esters is 1. The maximum Gasteiger partial charge on any atom is 0.344 e. The third kappa shape index (κ3) is 2.85. The van der Waals surface area contributed by atoms with Crippen molar-refractivity contribution in [3.63, 3.8) is 0 Å². The number of carbonyl (C=O) groups excluding carboxylic acids is 2. The summed E-state index contributed by atoms with van der Waals surface area (Å²) >= 11 is 0. The minimum Gasteiger partial charge on any atom is -0.452 e. The van der Waals surface area contributed by atoms with Crippen LogP contribution in [0.25, 0.3) is 0 Å². The smallest absolute Gasteiger partial charge is 0.344 e. The number of amides is 1. The Bertz CT molecular complexity index is 688. The second kappa shape index (κ2) is 5.76. The van der Waals surface area contributed by atoms with E-state index >= 15 is 0 Å². The van der Waals surface area contributed by atoms with Crippen molar-refractivity contribution in [1.82, 2.24) is 10.3 Å². The Morgan fingerprint density at radius 2 is 1.79 bits per heavy atom. The Labute approximate surface area is 140 Å². The van der Waals surface area contributed by atoms with E-state index < -0.39 is 11.5 Å². The summed E-state index contributed by atoms with van der Waals surface area (Å²) in [7, 11) is 0. The number of hydrogen-bond acceptors (Lipinski definition) is 4. The molecule has 0 aliphatic heterocycles. The maximum atomic E-state index is 12.3. The minimum atomic E-state index is -0.766. The van der Waals surface area contributed by atoms with Crippen LogP contribution in [0.1, 0.15) is 48.9 Å². The van der Waals surface area contributed by atoms with Crippen molar-refractivity contribution < 1.29 is 14.3 Å². The zero-order chi connectivity index (χ0) is 16.7. The molecule has 2 N–H and O–H groups in total. The van der Waals surface area contributed by atoms with Gasteiger partial charge in [-0.15, -0.1) is 0 Å². The lowest BCUT2D eigenvalue weighted by Gasteiger charge is -2.56. The van der Waals surface area contributed by atoms with Gasteiger partial charge in [0.15, 0.2) is 6.61 Å². The molecule has 0 aromatic carbocycles. The van der Waals surface area contributed by atoms with Crippen LogP contribution in [0.2, 0.25) is 0 Å². The van der Waals surface area contributed by atoms with E-state index in [-0.39, 0.29) is 23.6 Å². The summed E-state index contributed by atoms with van der Waals surface area (Å²) in [4.78, 5) is 38.1. The SMILES string of the molecule is O=C(COC(=O)c1ccc[nH]c1=O)NC12CC3CC(CC(C3)C1)C2. The van der Waals surface area contributed by atoms with Gasteiger partial charge in [-0.2, -0.15) is 0 Å². The monoisotopic (exact) mass is 330 g/mol. The van der Waals surface area contributed by atoms with Gasteiger partial charge in [-0.1, -0.05) is 0 Å². The minimum absolute atomic E-state index is 0.0832. The van der Waals surface area contributed by atoms with E-state index in [4.69, 9.17) is 4.74 Å². The number of H-pyrrole nitrogens is 1. The molecule has 1 aromatic rings. The molecule has 4 aliphatic carbocycles. The summed E-state index contributed by atoms with van der Waals surface area (Å²) in [5, 5.41) is 3.14. The lowest BCUT2D eigenvalue weighted by Crippen LogP contribution is -2.60. The van der Waals surface area contributed by atoms with Crippen LogP contribution in [-0.2, 0) is 9.53 Å². The van der Waals surface area contributed by atoms with Gasteiger partial charge in [-0.3, -0.25) is 9.59 Å². The molecule has 1 amide bonds. The van der Waals surface area contributed by atoms with E-state index in [1.165, 1.54) is 31.5 Å². The van der Waals surface area contributed by atoms with Gasteiger partial charge in [0.1, 0.15) is 5.56 Å². The molecule has 6 nitrogen and oxygen atoms in total. The molecular formula is C18H22N2O4. The van der Waals surface area contributed by atoms with E-state index in [1.807, 2.05) is 0 Å². The molecule has 0 radical (unpaired) electrons. The first-order valence-corrected chi connectivity index (χ1v) is 8.69. The zero-order valence-electron chi connectivity index (χ0n) is 13.5. The van der Waals surface area contributed by atoms with Crippen LogP contribution in [0.3, 0.4) is 0 Å². The van der Waals surface area contributed by atoms with Crippen molar-refractivity contribution in [3.8, 4) is 0 Å². The molecule has 4 saturated carbocycles. The number of carbonyl (C=O) groups is 2. The Morgan fingerprint density at radius 3 is 2.38 bits per heavy atom. The van der Waals surface area contributed by atoms with Crippen LogP contribution in [0.5, 0.6) is 0 Å². The highest BCUT2D eigenvalue weighted by molar-refractivity contribution is 5.91. The third-order valence-corrected chi connectivity index (χ3v) is 5.82. The standard InChI is InChI=1S/C18H22N2O4/c21-15(10-24-17(23)14-2-1-3-19-16(14)22)20-18-7-11-4-12(8-18)6-13(5-11)9-18/h1-3,11-13H,4-10H2,(H,19,22)(H,20,21). The number of aromatic nitrogens is 1. The number of pyridine rings is 1. The Balaban J connectivity index is 1.35. The van der Waals surface area contributed by atoms with Crippen molar-refractivity contribution in [3.05, 3.63) is 34.2 Å². The van der Waals surface area contributed by atoms with Gasteiger partial charge in [-0.25, -0.2) is 4.79 Å². The highest BCUT2D eigenvalue weighted by Gasteiger charge is 2.51. The molecule has 0 saturated heterocycles. The summed E-state index contributed by atoms with van der Waals surface area (Å²) in [5.41, 5.74) is -0.688. The molecular weight excluding hydrogens is 308 g/mol. The lowest BCUT2D eigenvalue weighted by molar-refractivity contribution is -0.130. The Hall–Kier alpha value is -2.11. The molecule has 4 aliphatic rings. The molecule has 128 valence electrons. The van der Waals surface area contributed by atoms with Crippen LogP contribution >= 0.6 is 0 Å². The number of ether oxygens (including phenoxy) is 1. The molecule has 0 unspecified atom stereocenters. The summed E-state index contributed by atoms with van der Waals surface area (Å²) in [6, 6.07) is 2.94. The third-order valence-electron chi connectivity index (χ3n) is 5.82. The first kappa shape index (κ1) is 15.4. The van der Waals surface area contributed by atoms with Crippen LogP contribution in [0, 0.1) is 17.8 Å². The molecule has 1 aromatic heterocycles. The summed E-state index contributed by atoms with van der Waals surface area (Å²) in [6.45, 7) is -0.338. The van der Waals surface area contributed by atoms with Gasteiger partial charge in [0.05, 0.1) is 0 Å². The largest absolute Gasteiger partial charge is 0.452 e. The van der Waals surface area contributed by atoms with Crippen LogP contribution in [-0.4, -0.2) is 29.0 Å². The highest BCUT2D eigenvalue weighted by Crippen LogP contribution is 2.55.